The van der Waals surface area contributed by atoms with Crippen molar-refractivity contribution < 1.29 is 18.8 Å². The van der Waals surface area contributed by atoms with E-state index in [2.05, 4.69) is 0 Å². The van der Waals surface area contributed by atoms with E-state index in [4.69, 9.17) is 5.21 Å². The standard InChI is InChI=1S/C2H2F2NO2/c3-1(4)2(6)5-7/h1,7H. The van der Waals surface area contributed by atoms with Crippen molar-refractivity contribution in [3.63, 3.8) is 0 Å². The monoisotopic (exact) mass is 110 g/mol. The first kappa shape index (κ1) is 6.29. The van der Waals surface area contributed by atoms with Crippen LogP contribution in [0.4, 0.5) is 8.78 Å². The summed E-state index contributed by atoms with van der Waals surface area (Å²) in [5.41, 5.74) is 1.70. The first-order chi connectivity index (χ1) is 3.18. The maximum absolute atomic E-state index is 10.8. The van der Waals surface area contributed by atoms with Crippen LogP contribution in [0.5, 0.6) is 0 Å². The molecular weight excluding hydrogens is 108 g/mol. The highest BCUT2D eigenvalue weighted by molar-refractivity contribution is 5.77. The number of nitrogens with zero attached hydrogens (tertiary/aromatic N) is 1. The second kappa shape index (κ2) is 2.46. The van der Waals surface area contributed by atoms with Gasteiger partial charge >= 0.3 is 12.3 Å². The van der Waals surface area contributed by atoms with Gasteiger partial charge in [-0.2, -0.15) is 8.78 Å². The number of hydrogen-bond donors (Lipinski definition) is 1. The van der Waals surface area contributed by atoms with Crippen LogP contribution in [0.1, 0.15) is 0 Å². The van der Waals surface area contributed by atoms with E-state index in [0.717, 1.165) is 0 Å². The van der Waals surface area contributed by atoms with Gasteiger partial charge in [-0.05, 0) is 0 Å². The molecule has 7 heavy (non-hydrogen) atoms. The summed E-state index contributed by atoms with van der Waals surface area (Å²) in [7, 11) is 0. The van der Waals surface area contributed by atoms with Crippen LogP contribution in [0, 0.1) is 0 Å². The van der Waals surface area contributed by atoms with Crippen LogP contribution in [0.2, 0.25) is 0 Å². The molecule has 0 atom stereocenters. The van der Waals surface area contributed by atoms with Crippen molar-refractivity contribution in [3.05, 3.63) is 0 Å². The van der Waals surface area contributed by atoms with E-state index in [1.807, 2.05) is 0 Å². The van der Waals surface area contributed by atoms with Crippen molar-refractivity contribution in [1.29, 1.82) is 0 Å². The predicted octanol–water partition coefficient (Wildman–Crippen LogP) is -0.228. The molecule has 0 aliphatic heterocycles. The number of amides is 1. The topological polar surface area (TPSA) is 51.4 Å². The van der Waals surface area contributed by atoms with Crippen LogP contribution in [0.25, 0.3) is 0 Å². The zero-order chi connectivity index (χ0) is 5.86. The zero-order valence-electron chi connectivity index (χ0n) is 3.14. The Labute approximate surface area is 37.9 Å². The quantitative estimate of drug-likeness (QED) is 0.374. The maximum atomic E-state index is 10.8. The van der Waals surface area contributed by atoms with Crippen LogP contribution < -0.4 is 5.48 Å². The Hall–Kier alpha value is -0.710. The van der Waals surface area contributed by atoms with Gasteiger partial charge in [0.05, 0.1) is 0 Å². The third kappa shape index (κ3) is 2.05. The van der Waals surface area contributed by atoms with Gasteiger partial charge in [0, 0.05) is 0 Å². The molecule has 0 spiro atoms. The Morgan fingerprint density at radius 1 is 1.71 bits per heavy atom. The minimum absolute atomic E-state index is 1.70. The molecule has 1 radical (unpaired) electrons. The van der Waals surface area contributed by atoms with Crippen molar-refractivity contribution in [2.45, 2.75) is 6.43 Å². The second-order valence-electron chi connectivity index (χ2n) is 0.739. The number of halogens is 2. The van der Waals surface area contributed by atoms with Gasteiger partial charge in [-0.3, -0.25) is 10.0 Å². The molecule has 0 fully saturated rings. The summed E-state index contributed by atoms with van der Waals surface area (Å²) < 4.78 is 21.7. The molecule has 0 saturated heterocycles. The Morgan fingerprint density at radius 3 is 2.14 bits per heavy atom. The molecule has 0 unspecified atom stereocenters. The Kier molecular flexibility index (Phi) is 2.21. The molecule has 0 bridgehead atoms. The highest BCUT2D eigenvalue weighted by Crippen LogP contribution is 1.89. The van der Waals surface area contributed by atoms with Crippen LogP contribution in [-0.4, -0.2) is 17.5 Å². The molecule has 0 rings (SSSR count). The molecule has 1 N–H and O–H groups in total. The van der Waals surface area contributed by atoms with Crippen molar-refractivity contribution in [2.24, 2.45) is 0 Å². The molecule has 5 heteroatoms. The fourth-order valence-electron chi connectivity index (χ4n) is 0.0436. The number of hydroxylamine groups is 1. The lowest BCUT2D eigenvalue weighted by Gasteiger charge is -1.86. The van der Waals surface area contributed by atoms with E-state index >= 15 is 0 Å². The first-order valence-electron chi connectivity index (χ1n) is 1.35. The maximum Gasteiger partial charge on any atom is 0.335 e. The van der Waals surface area contributed by atoms with Crippen molar-refractivity contribution >= 4 is 5.91 Å². The predicted molar refractivity (Wildman–Crippen MR) is 14.9 cm³/mol. The van der Waals surface area contributed by atoms with Crippen molar-refractivity contribution in [1.82, 2.24) is 5.48 Å². The summed E-state index contributed by atoms with van der Waals surface area (Å²) in [4.78, 5) is 9.34. The van der Waals surface area contributed by atoms with E-state index in [-0.39, 0.29) is 0 Å². The lowest BCUT2D eigenvalue weighted by atomic mass is 10.7. The van der Waals surface area contributed by atoms with Crippen molar-refractivity contribution in [3.8, 4) is 0 Å². The van der Waals surface area contributed by atoms with Crippen LogP contribution in [0.3, 0.4) is 0 Å². The Bertz CT molecular complexity index is 74.1. The summed E-state index contributed by atoms with van der Waals surface area (Å²) in [6.07, 6.45) is -3.19. The average Bonchev–Trinajstić information content (AvgIpc) is 1.65. The molecule has 0 aromatic heterocycles. The fourth-order valence-corrected chi connectivity index (χ4v) is 0.0436. The van der Waals surface area contributed by atoms with E-state index in [9.17, 15) is 13.6 Å². The third-order valence-corrected chi connectivity index (χ3v) is 0.285. The van der Waals surface area contributed by atoms with E-state index in [1.165, 1.54) is 0 Å². The summed E-state index contributed by atoms with van der Waals surface area (Å²) in [6, 6.07) is 0. The number of alkyl halides is 2. The second-order valence-corrected chi connectivity index (χ2v) is 0.739. The Morgan fingerprint density at radius 2 is 2.14 bits per heavy atom. The van der Waals surface area contributed by atoms with Gasteiger partial charge in [-0.25, -0.2) is 0 Å². The minimum atomic E-state index is -3.19. The molecule has 0 aromatic rings. The number of hydrogen-bond acceptors (Lipinski definition) is 2. The van der Waals surface area contributed by atoms with Crippen molar-refractivity contribution in [2.75, 3.05) is 0 Å². The zero-order valence-corrected chi connectivity index (χ0v) is 3.14. The summed E-state index contributed by atoms with van der Waals surface area (Å²) in [5.74, 6) is -1.81. The largest absolute Gasteiger partial charge is 0.335 e. The van der Waals surface area contributed by atoms with E-state index < -0.39 is 12.3 Å². The molecule has 41 valence electrons. The Balaban J connectivity index is 3.35. The van der Waals surface area contributed by atoms with E-state index in [0.29, 0.717) is 0 Å². The number of rotatable bonds is 1. The van der Waals surface area contributed by atoms with Gasteiger partial charge < -0.3 is 0 Å². The van der Waals surface area contributed by atoms with Crippen LogP contribution >= 0.6 is 0 Å². The van der Waals surface area contributed by atoms with Gasteiger partial charge in [0.1, 0.15) is 0 Å². The smallest absolute Gasteiger partial charge is 0.264 e. The summed E-state index contributed by atoms with van der Waals surface area (Å²) in [5, 5.41) is 7.30. The minimum Gasteiger partial charge on any atom is -0.264 e. The summed E-state index contributed by atoms with van der Waals surface area (Å²) in [6.45, 7) is 0. The van der Waals surface area contributed by atoms with Gasteiger partial charge in [-0.1, -0.05) is 5.48 Å². The number of carbonyl (C=O) groups is 1. The summed E-state index contributed by atoms with van der Waals surface area (Å²) >= 11 is 0. The van der Waals surface area contributed by atoms with Gasteiger partial charge in [0.15, 0.2) is 0 Å². The third-order valence-electron chi connectivity index (χ3n) is 0.285. The molecule has 3 nitrogen and oxygen atoms in total. The van der Waals surface area contributed by atoms with Gasteiger partial charge in [0.25, 0.3) is 0 Å². The molecule has 0 aliphatic rings. The van der Waals surface area contributed by atoms with E-state index in [1.54, 1.807) is 5.48 Å². The molecule has 0 saturated carbocycles. The lowest BCUT2D eigenvalue weighted by molar-refractivity contribution is -0.141. The highest BCUT2D eigenvalue weighted by atomic mass is 19.3. The lowest BCUT2D eigenvalue weighted by Crippen LogP contribution is -2.19. The van der Waals surface area contributed by atoms with Crippen LogP contribution in [-0.2, 0) is 4.79 Å². The molecule has 1 amide bonds. The molecule has 0 heterocycles. The molecular formula is C2H2F2NO2. The highest BCUT2D eigenvalue weighted by Gasteiger charge is 2.14. The fraction of sp³-hybridized carbons (Fsp3) is 0.500. The normalized spacial score (nSPS) is 9.14. The van der Waals surface area contributed by atoms with Gasteiger partial charge in [-0.15, -0.1) is 0 Å². The molecule has 0 aliphatic carbocycles. The SMILES string of the molecule is O=C([N]O)C(F)F. The van der Waals surface area contributed by atoms with Gasteiger partial charge in [0.2, 0.25) is 0 Å². The first-order valence-corrected chi connectivity index (χ1v) is 1.35. The van der Waals surface area contributed by atoms with Crippen LogP contribution in [0.15, 0.2) is 0 Å². The average molecular weight is 110 g/mol. The molecule has 0 aromatic carbocycles. The number of carbonyl (C=O) groups excluding carboxylic acids is 1.